The fourth-order valence-electron chi connectivity index (χ4n) is 2.88. The summed E-state index contributed by atoms with van der Waals surface area (Å²) in [5.41, 5.74) is 2.08. The van der Waals surface area contributed by atoms with Crippen molar-refractivity contribution in [1.29, 1.82) is 0 Å². The predicted octanol–water partition coefficient (Wildman–Crippen LogP) is 2.55. The highest BCUT2D eigenvalue weighted by Crippen LogP contribution is 2.57. The number of esters is 1. The van der Waals surface area contributed by atoms with Gasteiger partial charge in [-0.1, -0.05) is 29.8 Å². The average molecular weight is 247 g/mol. The lowest BCUT2D eigenvalue weighted by Gasteiger charge is -2.31. The summed E-state index contributed by atoms with van der Waals surface area (Å²) < 4.78 is 4.99. The fourth-order valence-corrected chi connectivity index (χ4v) is 2.88. The van der Waals surface area contributed by atoms with Crippen LogP contribution in [0.15, 0.2) is 24.3 Å². The third kappa shape index (κ3) is 2.15. The van der Waals surface area contributed by atoms with Gasteiger partial charge in [-0.3, -0.25) is 4.79 Å². The number of aryl methyl sites for hydroxylation is 1. The van der Waals surface area contributed by atoms with Crippen LogP contribution in [0.2, 0.25) is 0 Å². The molecule has 1 aliphatic rings. The molecule has 1 fully saturated rings. The van der Waals surface area contributed by atoms with E-state index < -0.39 is 0 Å². The van der Waals surface area contributed by atoms with Crippen molar-refractivity contribution in [1.82, 2.24) is 4.90 Å². The van der Waals surface area contributed by atoms with E-state index in [1.54, 1.807) is 0 Å². The van der Waals surface area contributed by atoms with Crippen molar-refractivity contribution in [3.63, 3.8) is 0 Å². The van der Waals surface area contributed by atoms with Crippen LogP contribution < -0.4 is 0 Å². The second-order valence-electron chi connectivity index (χ2n) is 5.43. The zero-order valence-electron chi connectivity index (χ0n) is 11.6. The highest BCUT2D eigenvalue weighted by Gasteiger charge is 2.58. The first kappa shape index (κ1) is 13.1. The summed E-state index contributed by atoms with van der Waals surface area (Å²) in [7, 11) is 5.53. The van der Waals surface area contributed by atoms with Crippen molar-refractivity contribution in [2.24, 2.45) is 5.41 Å². The maximum Gasteiger partial charge on any atom is 0.313 e. The number of methoxy groups -OCH3 is 1. The highest BCUT2D eigenvalue weighted by molar-refractivity contribution is 5.81. The monoisotopic (exact) mass is 247 g/mol. The number of hydrogen-bond donors (Lipinski definition) is 0. The Morgan fingerprint density at radius 3 is 2.50 bits per heavy atom. The zero-order valence-corrected chi connectivity index (χ0v) is 11.6. The van der Waals surface area contributed by atoms with Gasteiger partial charge in [0.15, 0.2) is 0 Å². The molecule has 0 heterocycles. The lowest BCUT2D eigenvalue weighted by Crippen LogP contribution is -2.34. The summed E-state index contributed by atoms with van der Waals surface area (Å²) in [5, 5.41) is 0. The molecule has 0 saturated heterocycles. The van der Waals surface area contributed by atoms with Crippen molar-refractivity contribution < 1.29 is 9.53 Å². The van der Waals surface area contributed by atoms with Crippen molar-refractivity contribution in [2.75, 3.05) is 21.2 Å². The molecule has 0 bridgehead atoms. The van der Waals surface area contributed by atoms with Crippen LogP contribution in [0.1, 0.15) is 30.0 Å². The topological polar surface area (TPSA) is 29.5 Å². The predicted molar refractivity (Wildman–Crippen MR) is 71.3 cm³/mol. The van der Waals surface area contributed by atoms with E-state index >= 15 is 0 Å². The van der Waals surface area contributed by atoms with E-state index in [4.69, 9.17) is 4.74 Å². The number of benzene rings is 1. The lowest BCUT2D eigenvalue weighted by molar-refractivity contribution is -0.150. The first-order valence-corrected chi connectivity index (χ1v) is 6.32. The van der Waals surface area contributed by atoms with Crippen LogP contribution in [0, 0.1) is 12.3 Å². The molecule has 0 aliphatic heterocycles. The Hall–Kier alpha value is -1.35. The Labute approximate surface area is 109 Å². The van der Waals surface area contributed by atoms with Gasteiger partial charge in [0.2, 0.25) is 0 Å². The van der Waals surface area contributed by atoms with Crippen LogP contribution in [0.4, 0.5) is 0 Å². The van der Waals surface area contributed by atoms with Gasteiger partial charge in [-0.25, -0.2) is 0 Å². The van der Waals surface area contributed by atoms with Crippen molar-refractivity contribution in [2.45, 2.75) is 25.8 Å². The Morgan fingerprint density at radius 1 is 1.39 bits per heavy atom. The molecule has 1 aromatic carbocycles. The summed E-state index contributed by atoms with van der Waals surface area (Å²) in [4.78, 5) is 14.2. The van der Waals surface area contributed by atoms with E-state index in [0.29, 0.717) is 0 Å². The van der Waals surface area contributed by atoms with Crippen molar-refractivity contribution >= 4 is 5.97 Å². The maximum atomic E-state index is 12.1. The van der Waals surface area contributed by atoms with Gasteiger partial charge in [0, 0.05) is 0 Å². The molecule has 0 radical (unpaired) electrons. The normalized spacial score (nSPS) is 18.5. The molecule has 0 aromatic heterocycles. The number of hydrogen-bond acceptors (Lipinski definition) is 3. The molecule has 1 saturated carbocycles. The molecule has 1 aliphatic carbocycles. The minimum atomic E-state index is -0.341. The third-order valence-corrected chi connectivity index (χ3v) is 3.78. The van der Waals surface area contributed by atoms with Gasteiger partial charge in [-0.15, -0.1) is 0 Å². The minimum absolute atomic E-state index is 0.0808. The molecule has 2 rings (SSSR count). The fraction of sp³-hybridized carbons (Fsp3) is 0.533. The number of carbonyl (C=O) groups excluding carboxylic acids is 1. The van der Waals surface area contributed by atoms with Gasteiger partial charge >= 0.3 is 5.97 Å². The van der Waals surface area contributed by atoms with E-state index in [2.05, 4.69) is 36.1 Å². The smallest absolute Gasteiger partial charge is 0.313 e. The third-order valence-electron chi connectivity index (χ3n) is 3.78. The molecule has 1 unspecified atom stereocenters. The number of ether oxygens (including phenoxy) is 1. The van der Waals surface area contributed by atoms with Crippen LogP contribution in [0.5, 0.6) is 0 Å². The number of carbonyl (C=O) groups is 1. The van der Waals surface area contributed by atoms with Gasteiger partial charge in [-0.05, 0) is 39.4 Å². The largest absolute Gasteiger partial charge is 0.469 e. The van der Waals surface area contributed by atoms with Crippen LogP contribution in [-0.2, 0) is 9.53 Å². The van der Waals surface area contributed by atoms with E-state index in [9.17, 15) is 4.79 Å². The highest BCUT2D eigenvalue weighted by atomic mass is 16.5. The summed E-state index contributed by atoms with van der Waals surface area (Å²) in [6, 6.07) is 8.49. The summed E-state index contributed by atoms with van der Waals surface area (Å²) in [6.45, 7) is 2.08. The van der Waals surface area contributed by atoms with Gasteiger partial charge in [-0.2, -0.15) is 0 Å². The first-order valence-electron chi connectivity index (χ1n) is 6.32. The Bertz CT molecular complexity index is 450. The molecular formula is C15H21NO2. The first-order chi connectivity index (χ1) is 8.51. The molecule has 1 aromatic rings. The van der Waals surface area contributed by atoms with Gasteiger partial charge in [0.25, 0.3) is 0 Å². The van der Waals surface area contributed by atoms with Crippen LogP contribution in [0.25, 0.3) is 0 Å². The molecule has 0 spiro atoms. The second-order valence-corrected chi connectivity index (χ2v) is 5.43. The van der Waals surface area contributed by atoms with E-state index in [0.717, 1.165) is 12.8 Å². The zero-order chi connectivity index (χ0) is 13.3. The van der Waals surface area contributed by atoms with Crippen LogP contribution in [-0.4, -0.2) is 32.1 Å². The molecule has 98 valence electrons. The van der Waals surface area contributed by atoms with E-state index in [1.807, 2.05) is 14.1 Å². The second kappa shape index (κ2) is 4.73. The molecule has 0 amide bonds. The van der Waals surface area contributed by atoms with Crippen LogP contribution in [0.3, 0.4) is 0 Å². The SMILES string of the molecule is COC(=O)C1(C(c2cccc(C)c2)N(C)C)CC1. The molecule has 3 heteroatoms. The molecule has 1 atom stereocenters. The quantitative estimate of drug-likeness (QED) is 0.766. The minimum Gasteiger partial charge on any atom is -0.469 e. The number of nitrogens with zero attached hydrogens (tertiary/aromatic N) is 1. The molecule has 3 nitrogen and oxygen atoms in total. The molecule has 0 N–H and O–H groups in total. The van der Waals surface area contributed by atoms with Gasteiger partial charge in [0.05, 0.1) is 18.6 Å². The Kier molecular flexibility index (Phi) is 3.44. The van der Waals surface area contributed by atoms with Gasteiger partial charge < -0.3 is 9.64 Å². The Balaban J connectivity index is 2.38. The van der Waals surface area contributed by atoms with Gasteiger partial charge in [0.1, 0.15) is 0 Å². The van der Waals surface area contributed by atoms with Crippen LogP contribution >= 0.6 is 0 Å². The van der Waals surface area contributed by atoms with Crippen molar-refractivity contribution in [3.8, 4) is 0 Å². The van der Waals surface area contributed by atoms with Crippen molar-refractivity contribution in [3.05, 3.63) is 35.4 Å². The van der Waals surface area contributed by atoms with E-state index in [1.165, 1.54) is 18.2 Å². The maximum absolute atomic E-state index is 12.1. The number of rotatable bonds is 4. The Morgan fingerprint density at radius 2 is 2.06 bits per heavy atom. The average Bonchev–Trinajstić information content (AvgIpc) is 3.09. The summed E-state index contributed by atoms with van der Waals surface area (Å²) in [5.74, 6) is -0.0808. The summed E-state index contributed by atoms with van der Waals surface area (Å²) >= 11 is 0. The molecular weight excluding hydrogens is 226 g/mol. The lowest BCUT2D eigenvalue weighted by atomic mass is 9.88. The van der Waals surface area contributed by atoms with E-state index in [-0.39, 0.29) is 17.4 Å². The standard InChI is InChI=1S/C15H21NO2/c1-11-6-5-7-12(10-11)13(16(2)3)15(8-9-15)14(17)18-4/h5-7,10,13H,8-9H2,1-4H3. The molecule has 18 heavy (non-hydrogen) atoms. The summed E-state index contributed by atoms with van der Waals surface area (Å²) in [6.07, 6.45) is 1.83.